The molecule has 0 atom stereocenters. The van der Waals surface area contributed by atoms with Gasteiger partial charge in [0.25, 0.3) is 0 Å². The largest absolute Gasteiger partial charge is 0.414 e. The molecule has 0 saturated heterocycles. The zero-order valence-electron chi connectivity index (χ0n) is 10.0. The highest BCUT2D eigenvalue weighted by atomic mass is 16.6. The lowest BCUT2D eigenvalue weighted by atomic mass is 9.99. The Balaban J connectivity index is 3.16. The molecule has 3 nitrogen and oxygen atoms in total. The van der Waals surface area contributed by atoms with Crippen molar-refractivity contribution in [2.45, 2.75) is 13.8 Å². The van der Waals surface area contributed by atoms with Crippen LogP contribution in [0.1, 0.15) is 18.1 Å². The second-order valence-electron chi connectivity index (χ2n) is 3.59. The summed E-state index contributed by atoms with van der Waals surface area (Å²) in [6, 6.07) is 8.06. The van der Waals surface area contributed by atoms with Crippen molar-refractivity contribution in [3.8, 4) is 0 Å². The van der Waals surface area contributed by atoms with E-state index in [0.29, 0.717) is 5.76 Å². The van der Waals surface area contributed by atoms with E-state index < -0.39 is 0 Å². The van der Waals surface area contributed by atoms with Crippen LogP contribution in [0.15, 0.2) is 42.3 Å². The van der Waals surface area contributed by atoms with Crippen molar-refractivity contribution in [1.82, 2.24) is 5.32 Å². The summed E-state index contributed by atoms with van der Waals surface area (Å²) in [5.41, 5.74) is 3.95. The SMILES string of the molecule is C=C(/C(NC)=C(/C)ON)c1ccccc1C. The van der Waals surface area contributed by atoms with Gasteiger partial charge in [-0.25, -0.2) is 0 Å². The Kier molecular flexibility index (Phi) is 4.14. The summed E-state index contributed by atoms with van der Waals surface area (Å²) < 4.78 is 0. The van der Waals surface area contributed by atoms with Gasteiger partial charge in [0.2, 0.25) is 0 Å². The molecule has 1 rings (SSSR count). The predicted molar refractivity (Wildman–Crippen MR) is 67.2 cm³/mol. The molecular formula is C13H18N2O. The summed E-state index contributed by atoms with van der Waals surface area (Å²) in [6.45, 7) is 7.92. The van der Waals surface area contributed by atoms with E-state index in [1.54, 1.807) is 6.92 Å². The Morgan fingerprint density at radius 3 is 2.50 bits per heavy atom. The summed E-state index contributed by atoms with van der Waals surface area (Å²) in [4.78, 5) is 4.74. The fourth-order valence-corrected chi connectivity index (χ4v) is 1.64. The lowest BCUT2D eigenvalue weighted by molar-refractivity contribution is 0.218. The number of hydrogen-bond donors (Lipinski definition) is 2. The predicted octanol–water partition coefficient (Wildman–Crippen LogP) is 2.35. The average molecular weight is 218 g/mol. The van der Waals surface area contributed by atoms with Crippen LogP contribution in [0.25, 0.3) is 5.57 Å². The van der Waals surface area contributed by atoms with E-state index in [2.05, 4.69) is 11.9 Å². The first kappa shape index (κ1) is 12.3. The number of nitrogens with one attached hydrogen (secondary N) is 1. The van der Waals surface area contributed by atoms with Gasteiger partial charge in [-0.3, -0.25) is 0 Å². The molecule has 0 unspecified atom stereocenters. The summed E-state index contributed by atoms with van der Waals surface area (Å²) in [5, 5.41) is 3.05. The van der Waals surface area contributed by atoms with Crippen molar-refractivity contribution in [2.75, 3.05) is 7.05 Å². The highest BCUT2D eigenvalue weighted by molar-refractivity contribution is 5.78. The van der Waals surface area contributed by atoms with Gasteiger partial charge >= 0.3 is 0 Å². The quantitative estimate of drug-likeness (QED) is 0.463. The van der Waals surface area contributed by atoms with Crippen LogP contribution in [0.2, 0.25) is 0 Å². The standard InChI is InChI=1S/C13H18N2O/c1-9-7-5-6-8-12(9)10(2)13(15-4)11(3)16-14/h5-8,15H,2,14H2,1,3-4H3/b13-11+. The summed E-state index contributed by atoms with van der Waals surface area (Å²) in [5.74, 6) is 5.78. The van der Waals surface area contributed by atoms with Crippen LogP contribution in [0.4, 0.5) is 0 Å². The van der Waals surface area contributed by atoms with Gasteiger partial charge < -0.3 is 10.2 Å². The van der Waals surface area contributed by atoms with E-state index >= 15 is 0 Å². The van der Waals surface area contributed by atoms with Crippen molar-refractivity contribution < 1.29 is 4.84 Å². The number of rotatable bonds is 4. The third kappa shape index (κ3) is 2.44. The second-order valence-corrected chi connectivity index (χ2v) is 3.59. The van der Waals surface area contributed by atoms with E-state index in [1.807, 2.05) is 38.2 Å². The van der Waals surface area contributed by atoms with Gasteiger partial charge in [0.15, 0.2) is 0 Å². The molecule has 0 heterocycles. The minimum Gasteiger partial charge on any atom is -0.414 e. The lowest BCUT2D eigenvalue weighted by Gasteiger charge is -2.15. The molecule has 3 N–H and O–H groups in total. The van der Waals surface area contributed by atoms with Crippen LogP contribution in [-0.2, 0) is 4.84 Å². The van der Waals surface area contributed by atoms with Crippen molar-refractivity contribution in [1.29, 1.82) is 0 Å². The molecular weight excluding hydrogens is 200 g/mol. The number of likely N-dealkylation sites (N-methyl/N-ethyl adjacent to an activating group) is 1. The van der Waals surface area contributed by atoms with Crippen LogP contribution in [0.3, 0.4) is 0 Å². The van der Waals surface area contributed by atoms with Crippen molar-refractivity contribution in [3.63, 3.8) is 0 Å². The maximum absolute atomic E-state index is 5.16. The summed E-state index contributed by atoms with van der Waals surface area (Å²) in [6.07, 6.45) is 0. The zero-order chi connectivity index (χ0) is 12.1. The number of hydrogen-bond acceptors (Lipinski definition) is 3. The Bertz CT molecular complexity index is 422. The first-order valence-electron chi connectivity index (χ1n) is 5.12. The average Bonchev–Trinajstić information content (AvgIpc) is 2.30. The maximum Gasteiger partial charge on any atom is 0.144 e. The van der Waals surface area contributed by atoms with Gasteiger partial charge in [0, 0.05) is 12.6 Å². The molecule has 0 bridgehead atoms. The number of aryl methyl sites for hydroxylation is 1. The first-order chi connectivity index (χ1) is 7.61. The molecule has 0 amide bonds. The first-order valence-corrected chi connectivity index (χ1v) is 5.12. The highest BCUT2D eigenvalue weighted by Gasteiger charge is 2.10. The molecule has 0 aliphatic carbocycles. The number of allylic oxidation sites excluding steroid dienone is 2. The third-order valence-corrected chi connectivity index (χ3v) is 2.55. The van der Waals surface area contributed by atoms with Crippen molar-refractivity contribution in [2.24, 2.45) is 5.90 Å². The van der Waals surface area contributed by atoms with E-state index in [4.69, 9.17) is 10.7 Å². The van der Waals surface area contributed by atoms with Crippen LogP contribution in [0, 0.1) is 6.92 Å². The van der Waals surface area contributed by atoms with Crippen LogP contribution >= 0.6 is 0 Å². The minimum atomic E-state index is 0.621. The van der Waals surface area contributed by atoms with Crippen LogP contribution in [0.5, 0.6) is 0 Å². The molecule has 0 aliphatic rings. The molecule has 0 spiro atoms. The molecule has 86 valence electrons. The normalized spacial score (nSPS) is 11.8. The number of nitrogens with two attached hydrogens (primary N) is 1. The molecule has 0 fully saturated rings. The Morgan fingerprint density at radius 2 is 2.00 bits per heavy atom. The van der Waals surface area contributed by atoms with E-state index in [1.165, 1.54) is 5.56 Å². The number of benzene rings is 1. The van der Waals surface area contributed by atoms with Gasteiger partial charge in [-0.05, 0) is 25.0 Å². The van der Waals surface area contributed by atoms with Gasteiger partial charge in [-0.2, -0.15) is 5.90 Å². The smallest absolute Gasteiger partial charge is 0.144 e. The molecule has 0 radical (unpaired) electrons. The molecule has 0 aromatic heterocycles. The summed E-state index contributed by atoms with van der Waals surface area (Å²) >= 11 is 0. The molecule has 3 heteroatoms. The topological polar surface area (TPSA) is 47.3 Å². The summed E-state index contributed by atoms with van der Waals surface area (Å²) in [7, 11) is 1.82. The van der Waals surface area contributed by atoms with Crippen molar-refractivity contribution in [3.05, 3.63) is 53.4 Å². The lowest BCUT2D eigenvalue weighted by Crippen LogP contribution is -2.13. The van der Waals surface area contributed by atoms with Crippen LogP contribution in [-0.4, -0.2) is 7.05 Å². The van der Waals surface area contributed by atoms with Gasteiger partial charge in [0.05, 0.1) is 5.70 Å². The van der Waals surface area contributed by atoms with Crippen LogP contribution < -0.4 is 11.2 Å². The Labute approximate surface area is 96.6 Å². The fourth-order valence-electron chi connectivity index (χ4n) is 1.64. The fraction of sp³-hybridized carbons (Fsp3) is 0.231. The third-order valence-electron chi connectivity index (χ3n) is 2.55. The zero-order valence-corrected chi connectivity index (χ0v) is 10.0. The molecule has 0 saturated carbocycles. The Morgan fingerprint density at radius 1 is 1.38 bits per heavy atom. The monoisotopic (exact) mass is 218 g/mol. The van der Waals surface area contributed by atoms with Crippen molar-refractivity contribution >= 4 is 5.57 Å². The molecule has 0 aliphatic heterocycles. The van der Waals surface area contributed by atoms with E-state index in [0.717, 1.165) is 16.8 Å². The molecule has 1 aromatic carbocycles. The molecule has 1 aromatic rings. The second kappa shape index (κ2) is 5.37. The maximum atomic E-state index is 5.16. The highest BCUT2D eigenvalue weighted by Crippen LogP contribution is 2.24. The minimum absolute atomic E-state index is 0.621. The Hall–Kier alpha value is -1.74. The van der Waals surface area contributed by atoms with E-state index in [9.17, 15) is 0 Å². The van der Waals surface area contributed by atoms with E-state index in [-0.39, 0.29) is 0 Å². The van der Waals surface area contributed by atoms with Gasteiger partial charge in [-0.15, -0.1) is 0 Å². The molecule has 16 heavy (non-hydrogen) atoms. The van der Waals surface area contributed by atoms with Gasteiger partial charge in [0.1, 0.15) is 5.76 Å². The van der Waals surface area contributed by atoms with Gasteiger partial charge in [-0.1, -0.05) is 30.8 Å².